The number of carbonyl (C=O) groups is 1. The number of sulfonamides is 1. The number of esters is 1. The van der Waals surface area contributed by atoms with Crippen molar-refractivity contribution in [3.8, 4) is 12.0 Å². The van der Waals surface area contributed by atoms with Crippen LogP contribution in [0, 0.1) is 0 Å². The molecule has 0 aliphatic carbocycles. The first-order valence-corrected chi connectivity index (χ1v) is 11.7. The van der Waals surface area contributed by atoms with Crippen LogP contribution in [0.1, 0.15) is 15.2 Å². The third kappa shape index (κ3) is 6.37. The largest absolute Gasteiger partial charge is 0.467 e. The Morgan fingerprint density at radius 2 is 1.71 bits per heavy atom. The summed E-state index contributed by atoms with van der Waals surface area (Å²) in [5, 5.41) is 4.03. The highest BCUT2D eigenvalue weighted by atomic mass is 32.2. The summed E-state index contributed by atoms with van der Waals surface area (Å²) in [6.45, 7) is 0.0806. The Hall–Kier alpha value is -3.82. The molecule has 0 saturated carbocycles. The van der Waals surface area contributed by atoms with Crippen molar-refractivity contribution in [2.75, 3.05) is 26.6 Å². The van der Waals surface area contributed by atoms with E-state index in [-0.39, 0.29) is 34.3 Å². The zero-order valence-corrected chi connectivity index (χ0v) is 19.8. The number of thiophene rings is 1. The maximum atomic E-state index is 13.0. The summed E-state index contributed by atoms with van der Waals surface area (Å²) in [7, 11) is -0.567. The standard InChI is InChI=1S/C19H20N6O7S2/c1-29-15(26)14-13(9-10-33-14)34(27,28)25-17(24-32-11-12-7-5-4-6-8-12)20-16-21-18(30-2)23-19(22-16)31-3/h4-10H,11H2,1-3H3,(H2,20,21,22,23,24,25). The van der Waals surface area contributed by atoms with Crippen LogP contribution in [0.15, 0.2) is 51.1 Å². The quantitative estimate of drug-likeness (QED) is 0.186. The lowest BCUT2D eigenvalue weighted by Gasteiger charge is -2.12. The Labute approximate surface area is 198 Å². The zero-order valence-electron chi connectivity index (χ0n) is 18.2. The number of aromatic nitrogens is 3. The molecule has 0 amide bonds. The number of hydroxylamine groups is 1. The predicted octanol–water partition coefficient (Wildman–Crippen LogP) is 1.62. The van der Waals surface area contributed by atoms with E-state index in [1.54, 1.807) is 0 Å². The molecule has 0 saturated heterocycles. The number of guanidine groups is 1. The molecule has 13 nitrogen and oxygen atoms in total. The lowest BCUT2D eigenvalue weighted by atomic mass is 10.2. The van der Waals surface area contributed by atoms with Gasteiger partial charge in [-0.15, -0.1) is 20.7 Å². The van der Waals surface area contributed by atoms with E-state index in [4.69, 9.17) is 14.3 Å². The van der Waals surface area contributed by atoms with Crippen LogP contribution in [-0.2, 0) is 26.2 Å². The minimum atomic E-state index is -4.39. The molecular weight excluding hydrogens is 488 g/mol. The van der Waals surface area contributed by atoms with Crippen LogP contribution in [-0.4, -0.2) is 56.6 Å². The number of anilines is 1. The van der Waals surface area contributed by atoms with E-state index < -0.39 is 22.0 Å². The summed E-state index contributed by atoms with van der Waals surface area (Å²) in [5.74, 6) is -1.35. The second-order valence-corrected chi connectivity index (χ2v) is 8.64. The number of benzene rings is 1. The molecule has 0 aliphatic rings. The van der Waals surface area contributed by atoms with E-state index in [1.165, 1.54) is 25.7 Å². The predicted molar refractivity (Wildman–Crippen MR) is 121 cm³/mol. The maximum absolute atomic E-state index is 13.0. The average Bonchev–Trinajstić information content (AvgIpc) is 3.35. The van der Waals surface area contributed by atoms with E-state index >= 15 is 0 Å². The van der Waals surface area contributed by atoms with Gasteiger partial charge in [0.2, 0.25) is 11.9 Å². The molecule has 0 spiro atoms. The summed E-state index contributed by atoms with van der Waals surface area (Å²) < 4.78 is 44.3. The highest BCUT2D eigenvalue weighted by Crippen LogP contribution is 2.24. The highest BCUT2D eigenvalue weighted by Gasteiger charge is 2.25. The monoisotopic (exact) mass is 508 g/mol. The van der Waals surface area contributed by atoms with Gasteiger partial charge in [-0.2, -0.15) is 18.4 Å². The number of methoxy groups -OCH3 is 3. The smallest absolute Gasteiger partial charge is 0.349 e. The Balaban J connectivity index is 1.93. The van der Waals surface area contributed by atoms with Crippen molar-refractivity contribution in [3.63, 3.8) is 0 Å². The fourth-order valence-electron chi connectivity index (χ4n) is 2.42. The first-order chi connectivity index (χ1) is 16.4. The van der Waals surface area contributed by atoms with Crippen molar-refractivity contribution in [2.24, 2.45) is 4.40 Å². The fraction of sp³-hybridized carbons (Fsp3) is 0.211. The molecule has 15 heteroatoms. The lowest BCUT2D eigenvalue weighted by molar-refractivity contribution is 0.0602. The average molecular weight is 509 g/mol. The van der Waals surface area contributed by atoms with Crippen LogP contribution in [0.3, 0.4) is 0 Å². The number of nitrogens with zero attached hydrogens (tertiary/aromatic N) is 4. The van der Waals surface area contributed by atoms with E-state index in [0.717, 1.165) is 24.0 Å². The summed E-state index contributed by atoms with van der Waals surface area (Å²) in [6, 6.07) is 10.2. The molecular formula is C19H20N6O7S2. The number of carbonyl (C=O) groups excluding carboxylic acids is 1. The van der Waals surface area contributed by atoms with Gasteiger partial charge in [0.15, 0.2) is 0 Å². The first-order valence-electron chi connectivity index (χ1n) is 9.40. The molecule has 0 radical (unpaired) electrons. The number of ether oxygens (including phenoxy) is 3. The minimum absolute atomic E-state index is 0.0806. The highest BCUT2D eigenvalue weighted by molar-refractivity contribution is 7.90. The van der Waals surface area contributed by atoms with E-state index in [0.29, 0.717) is 0 Å². The number of hydrogen-bond donors (Lipinski definition) is 2. The van der Waals surface area contributed by atoms with Crippen LogP contribution in [0.25, 0.3) is 0 Å². The van der Waals surface area contributed by atoms with Gasteiger partial charge in [-0.25, -0.2) is 10.3 Å². The molecule has 0 atom stereocenters. The van der Waals surface area contributed by atoms with Crippen LogP contribution < -0.4 is 20.3 Å². The summed E-state index contributed by atoms with van der Waals surface area (Å²) in [4.78, 5) is 28.7. The minimum Gasteiger partial charge on any atom is -0.467 e. The normalized spacial score (nSPS) is 11.6. The van der Waals surface area contributed by atoms with Gasteiger partial charge >= 0.3 is 18.0 Å². The van der Waals surface area contributed by atoms with Crippen molar-refractivity contribution in [3.05, 3.63) is 52.2 Å². The number of nitrogens with one attached hydrogen (secondary N) is 2. The summed E-state index contributed by atoms with van der Waals surface area (Å²) in [6.07, 6.45) is 0. The van der Waals surface area contributed by atoms with Gasteiger partial charge in [0.25, 0.3) is 10.0 Å². The Morgan fingerprint density at radius 1 is 1.03 bits per heavy atom. The maximum Gasteiger partial charge on any atom is 0.349 e. The molecule has 0 fully saturated rings. The van der Waals surface area contributed by atoms with Gasteiger partial charge in [-0.05, 0) is 17.0 Å². The van der Waals surface area contributed by atoms with Gasteiger partial charge in [-0.3, -0.25) is 10.2 Å². The molecule has 2 heterocycles. The molecule has 0 bridgehead atoms. The van der Waals surface area contributed by atoms with Crippen LogP contribution >= 0.6 is 11.3 Å². The molecule has 0 aliphatic heterocycles. The molecule has 3 aromatic rings. The van der Waals surface area contributed by atoms with Crippen molar-refractivity contribution in [1.82, 2.24) is 20.4 Å². The third-order valence-corrected chi connectivity index (χ3v) is 6.27. The van der Waals surface area contributed by atoms with Crippen molar-refractivity contribution < 1.29 is 32.3 Å². The van der Waals surface area contributed by atoms with E-state index in [2.05, 4.69) is 34.9 Å². The zero-order chi connectivity index (χ0) is 24.6. The SMILES string of the molecule is COC(=O)c1sccc1S(=O)(=O)N=C(NOCc1ccccc1)Nc1nc(OC)nc(OC)n1. The third-order valence-electron chi connectivity index (χ3n) is 3.93. The van der Waals surface area contributed by atoms with Gasteiger partial charge in [0, 0.05) is 0 Å². The molecule has 3 rings (SSSR count). The number of rotatable bonds is 9. The summed E-state index contributed by atoms with van der Waals surface area (Å²) in [5.41, 5.74) is 3.25. The van der Waals surface area contributed by atoms with Gasteiger partial charge in [0.1, 0.15) is 9.77 Å². The molecule has 2 N–H and O–H groups in total. The van der Waals surface area contributed by atoms with E-state index in [1.807, 2.05) is 30.3 Å². The topological polar surface area (TPSA) is 163 Å². The van der Waals surface area contributed by atoms with E-state index in [9.17, 15) is 13.2 Å². The second kappa shape index (κ2) is 11.4. The molecule has 2 aromatic heterocycles. The van der Waals surface area contributed by atoms with Gasteiger partial charge < -0.3 is 14.2 Å². The van der Waals surface area contributed by atoms with Crippen LogP contribution in [0.2, 0.25) is 0 Å². The Bertz CT molecular complexity index is 1240. The first kappa shape index (κ1) is 24.8. The summed E-state index contributed by atoms with van der Waals surface area (Å²) >= 11 is 0.904. The van der Waals surface area contributed by atoms with Crippen molar-refractivity contribution in [2.45, 2.75) is 11.5 Å². The van der Waals surface area contributed by atoms with Gasteiger partial charge in [-0.1, -0.05) is 30.3 Å². The van der Waals surface area contributed by atoms with Crippen molar-refractivity contribution >= 4 is 39.2 Å². The Kier molecular flexibility index (Phi) is 8.29. The van der Waals surface area contributed by atoms with Crippen molar-refractivity contribution in [1.29, 1.82) is 0 Å². The molecule has 180 valence electrons. The molecule has 1 aromatic carbocycles. The fourth-order valence-corrected chi connectivity index (χ4v) is 4.65. The lowest BCUT2D eigenvalue weighted by Crippen LogP contribution is -2.32. The van der Waals surface area contributed by atoms with Crippen LogP contribution in [0.4, 0.5) is 5.95 Å². The molecule has 34 heavy (non-hydrogen) atoms. The van der Waals surface area contributed by atoms with Gasteiger partial charge in [0.05, 0.1) is 27.9 Å². The van der Waals surface area contributed by atoms with Crippen LogP contribution in [0.5, 0.6) is 12.0 Å². The Morgan fingerprint density at radius 3 is 2.32 bits per heavy atom. The number of hydrogen-bond acceptors (Lipinski definition) is 11. The molecule has 0 unspecified atom stereocenters. The second-order valence-electron chi connectivity index (χ2n) is 6.15.